The second-order valence-corrected chi connectivity index (χ2v) is 8.52. The summed E-state index contributed by atoms with van der Waals surface area (Å²) in [6, 6.07) is 15.3. The van der Waals surface area contributed by atoms with Gasteiger partial charge in [0.05, 0.1) is 16.3 Å². The molecule has 0 aliphatic heterocycles. The fraction of sp³-hybridized carbons (Fsp3) is 0.150. The van der Waals surface area contributed by atoms with E-state index in [0.717, 1.165) is 25.8 Å². The summed E-state index contributed by atoms with van der Waals surface area (Å²) < 4.78 is 1.12. The van der Waals surface area contributed by atoms with E-state index in [2.05, 4.69) is 9.97 Å². The van der Waals surface area contributed by atoms with Crippen molar-refractivity contribution < 1.29 is 4.79 Å². The average molecular weight is 414 g/mol. The van der Waals surface area contributed by atoms with Gasteiger partial charge in [-0.1, -0.05) is 35.9 Å². The monoisotopic (exact) mass is 413 g/mol. The molecule has 1 atom stereocenters. The number of benzene rings is 2. The summed E-state index contributed by atoms with van der Waals surface area (Å²) in [6.07, 6.45) is 0. The standard InChI is InChI=1S/C20H16ClN3OS2/c1-12(18-22-15-8-3-4-9-17(15)27-18)24(2)20(25)16-11-26-19(23-16)13-6-5-7-14(21)10-13/h3-12H,1-2H3/t12-/m0/s1. The normalized spacial score (nSPS) is 12.3. The number of hydrogen-bond acceptors (Lipinski definition) is 5. The highest BCUT2D eigenvalue weighted by molar-refractivity contribution is 7.18. The molecule has 0 spiro atoms. The van der Waals surface area contributed by atoms with Crippen molar-refractivity contribution in [2.45, 2.75) is 13.0 Å². The van der Waals surface area contributed by atoms with Crippen LogP contribution in [0, 0.1) is 0 Å². The number of hydrogen-bond donors (Lipinski definition) is 0. The first kappa shape index (κ1) is 18.1. The first-order valence-corrected chi connectivity index (χ1v) is 10.4. The molecular formula is C20H16ClN3OS2. The third-order valence-electron chi connectivity index (χ3n) is 4.36. The molecular weight excluding hydrogens is 398 g/mol. The van der Waals surface area contributed by atoms with Crippen LogP contribution < -0.4 is 0 Å². The van der Waals surface area contributed by atoms with Gasteiger partial charge in [0.1, 0.15) is 15.7 Å². The van der Waals surface area contributed by atoms with E-state index >= 15 is 0 Å². The number of nitrogens with zero attached hydrogens (tertiary/aromatic N) is 3. The minimum atomic E-state index is -0.133. The Kier molecular flexibility index (Phi) is 4.95. The molecule has 2 aromatic heterocycles. The Bertz CT molecular complexity index is 1090. The number of fused-ring (bicyclic) bond motifs is 1. The van der Waals surface area contributed by atoms with Crippen LogP contribution in [0.3, 0.4) is 0 Å². The Labute approximate surface area is 170 Å². The van der Waals surface area contributed by atoms with E-state index in [-0.39, 0.29) is 11.9 Å². The van der Waals surface area contributed by atoms with Crippen molar-refractivity contribution in [3.05, 3.63) is 69.6 Å². The molecule has 0 saturated heterocycles. The maximum absolute atomic E-state index is 12.9. The molecule has 2 aromatic carbocycles. The molecule has 7 heteroatoms. The summed E-state index contributed by atoms with van der Waals surface area (Å²) in [5, 5.41) is 4.14. The predicted octanol–water partition coefficient (Wildman–Crippen LogP) is 5.91. The van der Waals surface area contributed by atoms with Gasteiger partial charge in [0.25, 0.3) is 5.91 Å². The number of carbonyl (C=O) groups excluding carboxylic acids is 1. The van der Waals surface area contributed by atoms with Crippen LogP contribution in [-0.4, -0.2) is 27.8 Å². The number of amides is 1. The Morgan fingerprint density at radius 3 is 2.74 bits per heavy atom. The zero-order chi connectivity index (χ0) is 19.0. The molecule has 0 bridgehead atoms. The van der Waals surface area contributed by atoms with Gasteiger partial charge in [0.2, 0.25) is 0 Å². The van der Waals surface area contributed by atoms with Crippen molar-refractivity contribution in [3.63, 3.8) is 0 Å². The lowest BCUT2D eigenvalue weighted by Gasteiger charge is -2.22. The average Bonchev–Trinajstić information content (AvgIpc) is 3.33. The van der Waals surface area contributed by atoms with E-state index in [4.69, 9.17) is 11.6 Å². The maximum atomic E-state index is 12.9. The van der Waals surface area contributed by atoms with E-state index < -0.39 is 0 Å². The summed E-state index contributed by atoms with van der Waals surface area (Å²) in [5.41, 5.74) is 2.31. The third kappa shape index (κ3) is 3.60. The number of carbonyl (C=O) groups is 1. The molecule has 4 aromatic rings. The molecule has 0 N–H and O–H groups in total. The Morgan fingerprint density at radius 1 is 1.15 bits per heavy atom. The van der Waals surface area contributed by atoms with Crippen molar-refractivity contribution >= 4 is 50.4 Å². The fourth-order valence-corrected chi connectivity index (χ4v) is 4.76. The highest BCUT2D eigenvalue weighted by Crippen LogP contribution is 2.31. The highest BCUT2D eigenvalue weighted by atomic mass is 35.5. The van der Waals surface area contributed by atoms with Crippen LogP contribution in [0.5, 0.6) is 0 Å². The topological polar surface area (TPSA) is 46.1 Å². The first-order valence-electron chi connectivity index (χ1n) is 8.37. The number of aromatic nitrogens is 2. The maximum Gasteiger partial charge on any atom is 0.273 e. The van der Waals surface area contributed by atoms with Crippen molar-refractivity contribution in [1.82, 2.24) is 14.9 Å². The minimum absolute atomic E-state index is 0.119. The lowest BCUT2D eigenvalue weighted by molar-refractivity contribution is 0.0737. The summed E-state index contributed by atoms with van der Waals surface area (Å²) >= 11 is 9.10. The molecule has 136 valence electrons. The van der Waals surface area contributed by atoms with Gasteiger partial charge in [-0.3, -0.25) is 4.79 Å². The Morgan fingerprint density at radius 2 is 1.96 bits per heavy atom. The summed E-state index contributed by atoms with van der Waals surface area (Å²) in [5.74, 6) is -0.119. The minimum Gasteiger partial charge on any atom is -0.331 e. The number of rotatable bonds is 4. The number of thiazole rings is 2. The molecule has 0 fully saturated rings. The van der Waals surface area contributed by atoms with Crippen LogP contribution in [0.4, 0.5) is 0 Å². The smallest absolute Gasteiger partial charge is 0.273 e. The molecule has 4 nitrogen and oxygen atoms in total. The van der Waals surface area contributed by atoms with E-state index in [1.807, 2.05) is 55.5 Å². The van der Waals surface area contributed by atoms with Crippen molar-refractivity contribution in [1.29, 1.82) is 0 Å². The van der Waals surface area contributed by atoms with Gasteiger partial charge in [-0.15, -0.1) is 22.7 Å². The molecule has 1 amide bonds. The quantitative estimate of drug-likeness (QED) is 0.418. The van der Waals surface area contributed by atoms with Crippen molar-refractivity contribution in [2.24, 2.45) is 0 Å². The zero-order valence-electron chi connectivity index (χ0n) is 14.7. The summed E-state index contributed by atoms with van der Waals surface area (Å²) in [4.78, 5) is 23.8. The van der Waals surface area contributed by atoms with Gasteiger partial charge < -0.3 is 4.90 Å². The predicted molar refractivity (Wildman–Crippen MR) is 113 cm³/mol. The molecule has 0 aliphatic carbocycles. The number of para-hydroxylation sites is 1. The van der Waals surface area contributed by atoms with Crippen LogP contribution in [0.2, 0.25) is 5.02 Å². The van der Waals surface area contributed by atoms with Crippen LogP contribution in [0.25, 0.3) is 20.8 Å². The van der Waals surface area contributed by atoms with Gasteiger partial charge in [0.15, 0.2) is 0 Å². The Balaban J connectivity index is 1.56. The highest BCUT2D eigenvalue weighted by Gasteiger charge is 2.23. The molecule has 0 radical (unpaired) electrons. The lowest BCUT2D eigenvalue weighted by Crippen LogP contribution is -2.29. The van der Waals surface area contributed by atoms with E-state index in [9.17, 15) is 4.79 Å². The van der Waals surface area contributed by atoms with Gasteiger partial charge in [0, 0.05) is 23.0 Å². The summed E-state index contributed by atoms with van der Waals surface area (Å²) in [7, 11) is 1.79. The fourth-order valence-electron chi connectivity index (χ4n) is 2.72. The zero-order valence-corrected chi connectivity index (χ0v) is 17.1. The van der Waals surface area contributed by atoms with Gasteiger partial charge in [-0.2, -0.15) is 0 Å². The largest absolute Gasteiger partial charge is 0.331 e. The van der Waals surface area contributed by atoms with Gasteiger partial charge in [-0.05, 0) is 31.2 Å². The van der Waals surface area contributed by atoms with Crippen LogP contribution >= 0.6 is 34.3 Å². The molecule has 0 saturated carbocycles. The number of halogens is 1. The second-order valence-electron chi connectivity index (χ2n) is 6.16. The SMILES string of the molecule is C[C@@H](c1nc2ccccc2s1)N(C)C(=O)c1csc(-c2cccc(Cl)c2)n1. The molecule has 2 heterocycles. The Hall–Kier alpha value is -2.28. The van der Waals surface area contributed by atoms with Crippen molar-refractivity contribution in [2.75, 3.05) is 7.05 Å². The molecule has 27 heavy (non-hydrogen) atoms. The van der Waals surface area contributed by atoms with Crippen molar-refractivity contribution in [3.8, 4) is 10.6 Å². The van der Waals surface area contributed by atoms with E-state index in [0.29, 0.717) is 10.7 Å². The molecule has 0 unspecified atom stereocenters. The molecule has 0 aliphatic rings. The van der Waals surface area contributed by atoms with E-state index in [1.165, 1.54) is 11.3 Å². The van der Waals surface area contributed by atoms with E-state index in [1.54, 1.807) is 28.7 Å². The second kappa shape index (κ2) is 7.38. The van der Waals surface area contributed by atoms with Crippen LogP contribution in [0.15, 0.2) is 53.9 Å². The van der Waals surface area contributed by atoms with Gasteiger partial charge in [-0.25, -0.2) is 9.97 Å². The van der Waals surface area contributed by atoms with Crippen LogP contribution in [0.1, 0.15) is 28.5 Å². The van der Waals surface area contributed by atoms with Gasteiger partial charge >= 0.3 is 0 Å². The van der Waals surface area contributed by atoms with Crippen LogP contribution in [-0.2, 0) is 0 Å². The summed E-state index contributed by atoms with van der Waals surface area (Å²) in [6.45, 7) is 1.99. The third-order valence-corrected chi connectivity index (χ3v) is 6.70. The first-order chi connectivity index (χ1) is 13.0. The lowest BCUT2D eigenvalue weighted by atomic mass is 10.2. The molecule has 4 rings (SSSR count).